The maximum atomic E-state index is 2.62. The predicted octanol–water partition coefficient (Wildman–Crippen LogP) is 8.74. The Morgan fingerprint density at radius 3 is 1.85 bits per heavy atom. The van der Waals surface area contributed by atoms with Crippen molar-refractivity contribution >= 4 is 63.0 Å². The number of allylic oxidation sites excluding steroid dienone is 2. The van der Waals surface area contributed by atoms with Gasteiger partial charge in [-0.05, 0) is 82.1 Å². The van der Waals surface area contributed by atoms with Gasteiger partial charge >= 0.3 is 0 Å². The fourth-order valence-electron chi connectivity index (χ4n) is 9.12. The van der Waals surface area contributed by atoms with Crippen molar-refractivity contribution in [1.29, 1.82) is 0 Å². The number of anilines is 7. The topological polar surface area (TPSA) is 9.72 Å². The molecule has 214 valence electrons. The third kappa shape index (κ3) is 2.99. The number of hydrogen-bond donors (Lipinski definition) is 0. The first-order valence-corrected chi connectivity index (χ1v) is 16.2. The van der Waals surface area contributed by atoms with Crippen LogP contribution >= 0.6 is 0 Å². The summed E-state index contributed by atoms with van der Waals surface area (Å²) in [5.41, 5.74) is 18.6. The van der Waals surface area contributed by atoms with Crippen molar-refractivity contribution < 1.29 is 0 Å². The Morgan fingerprint density at radius 1 is 0.478 bits per heavy atom. The molecule has 3 nitrogen and oxygen atoms in total. The van der Waals surface area contributed by atoms with Gasteiger partial charge in [0.1, 0.15) is 0 Å². The van der Waals surface area contributed by atoms with Crippen molar-refractivity contribution in [3.8, 4) is 0 Å². The Bertz CT molecular complexity index is 2310. The zero-order valence-electron chi connectivity index (χ0n) is 25.1. The molecule has 6 aromatic rings. The second-order valence-corrected chi connectivity index (χ2v) is 12.9. The Kier molecular flexibility index (Phi) is 4.77. The fourth-order valence-corrected chi connectivity index (χ4v) is 9.12. The van der Waals surface area contributed by atoms with Crippen molar-refractivity contribution in [2.45, 2.75) is 12.0 Å². The number of fused-ring (bicyclic) bond motifs is 10. The fraction of sp³-hybridized carbons (Fsp3) is 0.0476. The molecule has 0 saturated carbocycles. The van der Waals surface area contributed by atoms with Crippen LogP contribution in [-0.4, -0.2) is 12.8 Å². The van der Waals surface area contributed by atoms with Crippen LogP contribution in [0.15, 0.2) is 169 Å². The summed E-state index contributed by atoms with van der Waals surface area (Å²) in [7, 11) is 0. The van der Waals surface area contributed by atoms with E-state index in [2.05, 4.69) is 172 Å². The second kappa shape index (κ2) is 8.92. The molecular weight excluding hydrogens is 557 g/mol. The molecule has 4 heterocycles. The van der Waals surface area contributed by atoms with E-state index in [0.717, 1.165) is 0 Å². The van der Waals surface area contributed by atoms with Crippen LogP contribution in [0.3, 0.4) is 0 Å². The highest BCUT2D eigenvalue weighted by atomic mass is 15.3. The van der Waals surface area contributed by atoms with E-state index < -0.39 is 0 Å². The monoisotopic (exact) mass is 585 g/mol. The Balaban J connectivity index is 1.28. The van der Waals surface area contributed by atoms with Gasteiger partial charge in [-0.25, -0.2) is 0 Å². The van der Waals surface area contributed by atoms with Gasteiger partial charge in [0.05, 0.1) is 12.0 Å². The Hall–Kier alpha value is -5.74. The normalized spacial score (nSPS) is 19.2. The number of rotatable bonds is 2. The van der Waals surface area contributed by atoms with E-state index in [9.17, 15) is 0 Å². The summed E-state index contributed by atoms with van der Waals surface area (Å²) in [6.45, 7) is 0.111. The lowest BCUT2D eigenvalue weighted by Crippen LogP contribution is -2.57. The molecule has 0 amide bonds. The molecule has 0 radical (unpaired) electrons. The van der Waals surface area contributed by atoms with Gasteiger partial charge in [0, 0.05) is 51.1 Å². The number of benzene rings is 6. The Morgan fingerprint density at radius 2 is 1.07 bits per heavy atom. The molecule has 2 atom stereocenters. The van der Waals surface area contributed by atoms with E-state index in [1.165, 1.54) is 78.6 Å². The van der Waals surface area contributed by atoms with Crippen molar-refractivity contribution in [3.63, 3.8) is 0 Å². The third-order valence-electron chi connectivity index (χ3n) is 10.7. The van der Waals surface area contributed by atoms with Crippen molar-refractivity contribution in [3.05, 3.63) is 180 Å². The van der Waals surface area contributed by atoms with Crippen molar-refractivity contribution in [2.24, 2.45) is 0 Å². The summed E-state index contributed by atoms with van der Waals surface area (Å²) in [6, 6.07) is 56.2. The lowest BCUT2D eigenvalue weighted by atomic mass is 9.32. The standard InChI is InChI=1S/C42H28BN3/c1-3-14-27(15-4-1)44-36-23-12-9-20-32(36)43-33-26-31-29-18-7-10-21-34(29)46-35-22-11-8-19-30(35)39(41(31)46)42(33)45(28-16-5-2-6-17-28)38-25-13-24-37(44)40(38)43/h1-26,39,41H. The summed E-state index contributed by atoms with van der Waals surface area (Å²) >= 11 is 0. The van der Waals surface area contributed by atoms with Crippen LogP contribution in [0.1, 0.15) is 17.0 Å². The van der Waals surface area contributed by atoms with Crippen LogP contribution in [0.25, 0.3) is 5.57 Å². The van der Waals surface area contributed by atoms with Gasteiger partial charge in [-0.15, -0.1) is 0 Å². The molecule has 2 unspecified atom stereocenters. The molecule has 0 saturated heterocycles. The summed E-state index contributed by atoms with van der Waals surface area (Å²) in [5.74, 6) is 0.190. The van der Waals surface area contributed by atoms with Crippen molar-refractivity contribution in [1.82, 2.24) is 0 Å². The van der Waals surface area contributed by atoms with Gasteiger partial charge in [0.2, 0.25) is 0 Å². The molecular formula is C42H28BN3. The van der Waals surface area contributed by atoms with Crippen LogP contribution in [0, 0.1) is 0 Å². The predicted molar refractivity (Wildman–Crippen MR) is 191 cm³/mol. The minimum atomic E-state index is 0.111. The molecule has 0 N–H and O–H groups in total. The van der Waals surface area contributed by atoms with Gasteiger partial charge in [0.15, 0.2) is 0 Å². The lowest BCUT2D eigenvalue weighted by molar-refractivity contribution is 0.721. The van der Waals surface area contributed by atoms with Crippen LogP contribution in [-0.2, 0) is 0 Å². The van der Waals surface area contributed by atoms with E-state index in [-0.39, 0.29) is 18.7 Å². The lowest BCUT2D eigenvalue weighted by Gasteiger charge is -2.48. The number of hydrogen-bond acceptors (Lipinski definition) is 3. The molecule has 46 heavy (non-hydrogen) atoms. The van der Waals surface area contributed by atoms with Crippen LogP contribution in [0.5, 0.6) is 0 Å². The first-order chi connectivity index (χ1) is 22.9. The molecule has 0 aromatic heterocycles. The average Bonchev–Trinajstić information content (AvgIpc) is 3.64. The average molecular weight is 586 g/mol. The molecule has 11 rings (SSSR count). The van der Waals surface area contributed by atoms with Crippen molar-refractivity contribution in [2.75, 3.05) is 14.7 Å². The van der Waals surface area contributed by atoms with E-state index in [4.69, 9.17) is 0 Å². The Labute approximate surface area is 269 Å². The maximum Gasteiger partial charge on any atom is 0.251 e. The van der Waals surface area contributed by atoms with Gasteiger partial charge < -0.3 is 14.7 Å². The zero-order chi connectivity index (χ0) is 29.9. The summed E-state index contributed by atoms with van der Waals surface area (Å²) in [6.07, 6.45) is 2.58. The van der Waals surface area contributed by atoms with E-state index in [1.807, 2.05) is 0 Å². The van der Waals surface area contributed by atoms with Gasteiger partial charge in [0.25, 0.3) is 6.71 Å². The summed E-state index contributed by atoms with van der Waals surface area (Å²) in [4.78, 5) is 7.69. The highest BCUT2D eigenvalue weighted by Crippen LogP contribution is 2.62. The highest BCUT2D eigenvalue weighted by molar-refractivity contribution is 6.95. The van der Waals surface area contributed by atoms with Crippen LogP contribution in [0.2, 0.25) is 0 Å². The largest absolute Gasteiger partial charge is 0.332 e. The van der Waals surface area contributed by atoms with E-state index in [1.54, 1.807) is 0 Å². The summed E-state index contributed by atoms with van der Waals surface area (Å²) < 4.78 is 0. The molecule has 0 bridgehead atoms. The molecule has 5 aliphatic rings. The minimum Gasteiger partial charge on any atom is -0.332 e. The van der Waals surface area contributed by atoms with Crippen LogP contribution < -0.4 is 25.6 Å². The molecule has 6 aromatic carbocycles. The SMILES string of the molecule is C1=C2c3ccccc3N3c4ccccc4C(C4=C1B1c5ccccc5N(c5ccccc5)c5cccc(c51)N4c1ccccc1)C23. The highest BCUT2D eigenvalue weighted by Gasteiger charge is 2.55. The molecule has 1 aliphatic carbocycles. The minimum absolute atomic E-state index is 0.111. The molecule has 4 aliphatic heterocycles. The molecule has 0 fully saturated rings. The first kappa shape index (κ1) is 24.6. The van der Waals surface area contributed by atoms with Gasteiger partial charge in [-0.1, -0.05) is 103 Å². The maximum absolute atomic E-state index is 2.62. The molecule has 4 heteroatoms. The van der Waals surface area contributed by atoms with Crippen LogP contribution in [0.4, 0.5) is 39.8 Å². The zero-order valence-corrected chi connectivity index (χ0v) is 25.1. The summed E-state index contributed by atoms with van der Waals surface area (Å²) in [5, 5.41) is 0. The second-order valence-electron chi connectivity index (χ2n) is 12.9. The quantitative estimate of drug-likeness (QED) is 0.188. The van der Waals surface area contributed by atoms with Gasteiger partial charge in [-0.3, -0.25) is 0 Å². The smallest absolute Gasteiger partial charge is 0.251 e. The van der Waals surface area contributed by atoms with E-state index >= 15 is 0 Å². The number of nitrogens with zero attached hydrogens (tertiary/aromatic N) is 3. The first-order valence-electron chi connectivity index (χ1n) is 16.2. The van der Waals surface area contributed by atoms with E-state index in [0.29, 0.717) is 0 Å². The molecule has 0 spiro atoms. The van der Waals surface area contributed by atoms with Gasteiger partial charge in [-0.2, -0.15) is 0 Å². The third-order valence-corrected chi connectivity index (χ3v) is 10.7. The number of para-hydroxylation sites is 5.